The fourth-order valence-corrected chi connectivity index (χ4v) is 2.71. The Bertz CT molecular complexity index is 513. The number of ether oxygens (including phenoxy) is 1. The number of nitrogens with one attached hydrogen (secondary N) is 1. The van der Waals surface area contributed by atoms with E-state index in [1.54, 1.807) is 12.3 Å². The highest BCUT2D eigenvalue weighted by molar-refractivity contribution is 6.29. The molecule has 0 spiro atoms. The van der Waals surface area contributed by atoms with E-state index in [4.69, 9.17) is 16.3 Å². The third kappa shape index (κ3) is 4.34. The molecule has 1 saturated heterocycles. The zero-order valence-electron chi connectivity index (χ0n) is 13.6. The lowest BCUT2D eigenvalue weighted by atomic mass is 9.92. The van der Waals surface area contributed by atoms with Gasteiger partial charge in [0.2, 0.25) is 0 Å². The van der Waals surface area contributed by atoms with Crippen LogP contribution in [0.15, 0.2) is 18.3 Å². The van der Waals surface area contributed by atoms with E-state index in [1.807, 2.05) is 31.7 Å². The molecule has 0 bridgehead atoms. The predicted octanol–water partition coefficient (Wildman–Crippen LogP) is 3.05. The number of hydrogen-bond donors (Lipinski definition) is 1. The number of carbonyl (C=O) groups is 1. The van der Waals surface area contributed by atoms with Gasteiger partial charge in [0.05, 0.1) is 6.04 Å². The first kappa shape index (κ1) is 17.0. The quantitative estimate of drug-likeness (QED) is 0.849. The summed E-state index contributed by atoms with van der Waals surface area (Å²) in [5.41, 5.74) is 0.573. The van der Waals surface area contributed by atoms with Crippen molar-refractivity contribution in [3.8, 4) is 0 Å². The molecule has 1 amide bonds. The summed E-state index contributed by atoms with van der Waals surface area (Å²) in [6.07, 6.45) is 1.52. The molecule has 0 aliphatic carbocycles. The lowest BCUT2D eigenvalue weighted by Gasteiger charge is -2.40. The van der Waals surface area contributed by atoms with Gasteiger partial charge >= 0.3 is 6.09 Å². The number of amides is 1. The number of rotatable bonds is 2. The zero-order valence-corrected chi connectivity index (χ0v) is 14.4. The fraction of sp³-hybridized carbons (Fsp3) is 0.625. The SMILES string of the molecule is CC(c1ccc(Cl)nc1)C1CNCCN1C(=O)OC(C)(C)C. The molecule has 1 aromatic heterocycles. The number of halogens is 1. The molecule has 1 N–H and O–H groups in total. The van der Waals surface area contributed by atoms with E-state index in [1.165, 1.54) is 0 Å². The van der Waals surface area contributed by atoms with Crippen LogP contribution in [0.3, 0.4) is 0 Å². The van der Waals surface area contributed by atoms with Crippen LogP contribution in [0, 0.1) is 0 Å². The first-order chi connectivity index (χ1) is 10.3. The van der Waals surface area contributed by atoms with Crippen LogP contribution in [0.2, 0.25) is 5.15 Å². The van der Waals surface area contributed by atoms with Crippen molar-refractivity contribution >= 4 is 17.7 Å². The van der Waals surface area contributed by atoms with Gasteiger partial charge in [0.1, 0.15) is 10.8 Å². The molecule has 2 rings (SSSR count). The monoisotopic (exact) mass is 325 g/mol. The predicted molar refractivity (Wildman–Crippen MR) is 87.3 cm³/mol. The Morgan fingerprint density at radius 2 is 2.23 bits per heavy atom. The van der Waals surface area contributed by atoms with Gasteiger partial charge in [0, 0.05) is 31.7 Å². The summed E-state index contributed by atoms with van der Waals surface area (Å²) < 4.78 is 5.54. The van der Waals surface area contributed by atoms with Crippen molar-refractivity contribution in [3.05, 3.63) is 29.0 Å². The maximum atomic E-state index is 12.5. The average molecular weight is 326 g/mol. The normalized spacial score (nSPS) is 20.6. The molecule has 6 heteroatoms. The lowest BCUT2D eigenvalue weighted by Crippen LogP contribution is -2.56. The van der Waals surface area contributed by atoms with Crippen LogP contribution in [0.4, 0.5) is 4.79 Å². The second kappa shape index (κ2) is 6.84. The van der Waals surface area contributed by atoms with Crippen molar-refractivity contribution in [2.45, 2.75) is 45.3 Å². The van der Waals surface area contributed by atoms with Gasteiger partial charge in [-0.3, -0.25) is 0 Å². The Hall–Kier alpha value is -1.33. The number of aromatic nitrogens is 1. The molecule has 2 unspecified atom stereocenters. The van der Waals surface area contributed by atoms with Crippen LogP contribution in [0.25, 0.3) is 0 Å². The Balaban J connectivity index is 2.15. The van der Waals surface area contributed by atoms with Crippen molar-refractivity contribution in [2.24, 2.45) is 0 Å². The second-order valence-corrected chi connectivity index (χ2v) is 7.04. The Morgan fingerprint density at radius 3 is 2.82 bits per heavy atom. The lowest BCUT2D eigenvalue weighted by molar-refractivity contribution is 0.00946. The van der Waals surface area contributed by atoms with Crippen molar-refractivity contribution in [2.75, 3.05) is 19.6 Å². The highest BCUT2D eigenvalue weighted by atomic mass is 35.5. The third-order valence-electron chi connectivity index (χ3n) is 3.76. The van der Waals surface area contributed by atoms with Gasteiger partial charge in [0.25, 0.3) is 0 Å². The smallest absolute Gasteiger partial charge is 0.410 e. The van der Waals surface area contributed by atoms with E-state index < -0.39 is 5.60 Å². The first-order valence-electron chi connectivity index (χ1n) is 7.60. The number of carbonyl (C=O) groups excluding carboxylic acids is 1. The number of hydrogen-bond acceptors (Lipinski definition) is 4. The fourth-order valence-electron chi connectivity index (χ4n) is 2.60. The molecule has 5 nitrogen and oxygen atoms in total. The molecule has 1 fully saturated rings. The van der Waals surface area contributed by atoms with E-state index in [2.05, 4.69) is 17.2 Å². The summed E-state index contributed by atoms with van der Waals surface area (Å²) in [4.78, 5) is 18.4. The van der Waals surface area contributed by atoms with Gasteiger partial charge in [-0.25, -0.2) is 9.78 Å². The average Bonchev–Trinajstić information content (AvgIpc) is 2.45. The van der Waals surface area contributed by atoms with E-state index >= 15 is 0 Å². The molecule has 0 saturated carbocycles. The molecule has 1 aliphatic rings. The van der Waals surface area contributed by atoms with Crippen LogP contribution >= 0.6 is 11.6 Å². The molecular formula is C16H24ClN3O2. The molecule has 2 heterocycles. The van der Waals surface area contributed by atoms with E-state index in [0.29, 0.717) is 11.7 Å². The molecular weight excluding hydrogens is 302 g/mol. The van der Waals surface area contributed by atoms with Gasteiger partial charge in [0.15, 0.2) is 0 Å². The number of nitrogens with zero attached hydrogens (tertiary/aromatic N) is 2. The summed E-state index contributed by atoms with van der Waals surface area (Å²) >= 11 is 5.85. The second-order valence-electron chi connectivity index (χ2n) is 6.65. The van der Waals surface area contributed by atoms with Crippen molar-refractivity contribution < 1.29 is 9.53 Å². The molecule has 1 aliphatic heterocycles. The van der Waals surface area contributed by atoms with E-state index in [9.17, 15) is 4.79 Å². The Labute approximate surface area is 137 Å². The number of pyridine rings is 1. The van der Waals surface area contributed by atoms with Crippen molar-refractivity contribution in [1.29, 1.82) is 0 Å². The summed E-state index contributed by atoms with van der Waals surface area (Å²) in [5.74, 6) is 0.144. The van der Waals surface area contributed by atoms with Gasteiger partial charge in [-0.2, -0.15) is 0 Å². The van der Waals surface area contributed by atoms with Crippen LogP contribution in [0.5, 0.6) is 0 Å². The van der Waals surface area contributed by atoms with E-state index in [0.717, 1.165) is 18.7 Å². The van der Waals surface area contributed by atoms with Crippen LogP contribution in [-0.4, -0.2) is 47.3 Å². The summed E-state index contributed by atoms with van der Waals surface area (Å²) in [6, 6.07) is 3.77. The molecule has 1 aromatic rings. The topological polar surface area (TPSA) is 54.5 Å². The zero-order chi connectivity index (χ0) is 16.3. The largest absolute Gasteiger partial charge is 0.444 e. The van der Waals surface area contributed by atoms with Crippen LogP contribution < -0.4 is 5.32 Å². The van der Waals surface area contributed by atoms with Gasteiger partial charge < -0.3 is 15.0 Å². The third-order valence-corrected chi connectivity index (χ3v) is 3.99. The molecule has 22 heavy (non-hydrogen) atoms. The molecule has 2 atom stereocenters. The van der Waals surface area contributed by atoms with Gasteiger partial charge in [-0.05, 0) is 32.4 Å². The van der Waals surface area contributed by atoms with E-state index in [-0.39, 0.29) is 18.1 Å². The van der Waals surface area contributed by atoms with Crippen molar-refractivity contribution in [3.63, 3.8) is 0 Å². The summed E-state index contributed by atoms with van der Waals surface area (Å²) in [5, 5.41) is 3.82. The highest BCUT2D eigenvalue weighted by Crippen LogP contribution is 2.26. The standard InChI is InChI=1S/C16H24ClN3O2/c1-11(12-5-6-14(17)19-9-12)13-10-18-7-8-20(13)15(21)22-16(2,3)4/h5-6,9,11,13,18H,7-8,10H2,1-4H3. The maximum absolute atomic E-state index is 12.5. The van der Waals surface area contributed by atoms with Crippen LogP contribution in [0.1, 0.15) is 39.2 Å². The van der Waals surface area contributed by atoms with Crippen LogP contribution in [-0.2, 0) is 4.74 Å². The minimum atomic E-state index is -0.489. The minimum absolute atomic E-state index is 0.0339. The summed E-state index contributed by atoms with van der Waals surface area (Å²) in [7, 11) is 0. The Kier molecular flexibility index (Phi) is 5.29. The first-order valence-corrected chi connectivity index (χ1v) is 7.97. The maximum Gasteiger partial charge on any atom is 0.410 e. The summed E-state index contributed by atoms with van der Waals surface area (Å²) in [6.45, 7) is 9.91. The number of piperazine rings is 1. The molecule has 122 valence electrons. The molecule has 0 radical (unpaired) electrons. The molecule has 0 aromatic carbocycles. The van der Waals surface area contributed by atoms with Crippen molar-refractivity contribution in [1.82, 2.24) is 15.2 Å². The minimum Gasteiger partial charge on any atom is -0.444 e. The Morgan fingerprint density at radius 1 is 1.50 bits per heavy atom. The van der Waals surface area contributed by atoms with Gasteiger partial charge in [-0.1, -0.05) is 24.6 Å². The highest BCUT2D eigenvalue weighted by Gasteiger charge is 2.34. The van der Waals surface area contributed by atoms with Gasteiger partial charge in [-0.15, -0.1) is 0 Å².